The molecule has 0 radical (unpaired) electrons. The minimum atomic E-state index is -0.782. The summed E-state index contributed by atoms with van der Waals surface area (Å²) in [5.74, 6) is 0.758. The fourth-order valence-electron chi connectivity index (χ4n) is 2.57. The van der Waals surface area contributed by atoms with Gasteiger partial charge in [-0.25, -0.2) is 9.59 Å². The molecule has 2 rings (SSSR count). The van der Waals surface area contributed by atoms with Gasteiger partial charge in [0.15, 0.2) is 0 Å². The van der Waals surface area contributed by atoms with Crippen LogP contribution in [0.3, 0.4) is 0 Å². The van der Waals surface area contributed by atoms with Crippen LogP contribution >= 0.6 is 0 Å². The van der Waals surface area contributed by atoms with Crippen LogP contribution in [0.2, 0.25) is 0 Å². The number of benzene rings is 2. The van der Waals surface area contributed by atoms with E-state index in [2.05, 4.69) is 10.6 Å². The van der Waals surface area contributed by atoms with Crippen LogP contribution in [0.5, 0.6) is 11.5 Å². The molecule has 7 nitrogen and oxygen atoms in total. The van der Waals surface area contributed by atoms with Gasteiger partial charge in [0, 0.05) is 24.6 Å². The second kappa shape index (κ2) is 10.1. The molecule has 0 aliphatic heterocycles. The third-order valence-electron chi connectivity index (χ3n) is 4.01. The van der Waals surface area contributed by atoms with Crippen molar-refractivity contribution in [2.75, 3.05) is 21.3 Å². The number of urea groups is 1. The second-order valence-corrected chi connectivity index (χ2v) is 5.77. The van der Waals surface area contributed by atoms with E-state index in [1.54, 1.807) is 32.4 Å². The predicted octanol–water partition coefficient (Wildman–Crippen LogP) is 2.29. The van der Waals surface area contributed by atoms with E-state index in [1.165, 1.54) is 7.11 Å². The lowest BCUT2D eigenvalue weighted by Gasteiger charge is -2.17. The van der Waals surface area contributed by atoms with Crippen molar-refractivity contribution < 1.29 is 23.8 Å². The highest BCUT2D eigenvalue weighted by Crippen LogP contribution is 2.24. The number of amides is 2. The van der Waals surface area contributed by atoms with E-state index in [0.29, 0.717) is 17.9 Å². The van der Waals surface area contributed by atoms with Crippen LogP contribution in [0.1, 0.15) is 11.1 Å². The lowest BCUT2D eigenvalue weighted by molar-refractivity contribution is -0.142. The quantitative estimate of drug-likeness (QED) is 0.695. The molecular formula is C20H24N2O5. The monoisotopic (exact) mass is 372 g/mol. The zero-order chi connectivity index (χ0) is 19.6. The van der Waals surface area contributed by atoms with Crippen molar-refractivity contribution >= 4 is 12.0 Å². The van der Waals surface area contributed by atoms with Crippen molar-refractivity contribution in [2.24, 2.45) is 0 Å². The van der Waals surface area contributed by atoms with E-state index < -0.39 is 18.0 Å². The summed E-state index contributed by atoms with van der Waals surface area (Å²) in [5, 5.41) is 5.38. The summed E-state index contributed by atoms with van der Waals surface area (Å²) in [6.45, 7) is 0.234. The molecule has 0 aliphatic rings. The largest absolute Gasteiger partial charge is 0.497 e. The summed E-state index contributed by atoms with van der Waals surface area (Å²) in [6, 6.07) is 13.5. The molecule has 1 unspecified atom stereocenters. The molecule has 27 heavy (non-hydrogen) atoms. The third-order valence-corrected chi connectivity index (χ3v) is 4.01. The molecule has 0 spiro atoms. The lowest BCUT2D eigenvalue weighted by Crippen LogP contribution is -2.47. The minimum absolute atomic E-state index is 0.234. The van der Waals surface area contributed by atoms with Gasteiger partial charge in [-0.1, -0.05) is 30.3 Å². The Morgan fingerprint density at radius 2 is 1.74 bits per heavy atom. The number of ether oxygens (including phenoxy) is 3. The molecule has 0 fully saturated rings. The fraction of sp³-hybridized carbons (Fsp3) is 0.300. The normalized spacial score (nSPS) is 11.2. The summed E-state index contributed by atoms with van der Waals surface area (Å²) in [5.41, 5.74) is 1.70. The van der Waals surface area contributed by atoms with Gasteiger partial charge in [-0.05, 0) is 17.7 Å². The fourth-order valence-corrected chi connectivity index (χ4v) is 2.57. The Labute approximate surface area is 158 Å². The van der Waals surface area contributed by atoms with Gasteiger partial charge in [0.1, 0.15) is 17.5 Å². The third kappa shape index (κ3) is 5.91. The zero-order valence-corrected chi connectivity index (χ0v) is 15.7. The molecule has 0 aliphatic carbocycles. The Morgan fingerprint density at radius 1 is 1.00 bits per heavy atom. The summed E-state index contributed by atoms with van der Waals surface area (Å²) in [4.78, 5) is 24.3. The van der Waals surface area contributed by atoms with Crippen LogP contribution in [0.15, 0.2) is 48.5 Å². The van der Waals surface area contributed by atoms with Crippen molar-refractivity contribution in [3.63, 3.8) is 0 Å². The van der Waals surface area contributed by atoms with Crippen molar-refractivity contribution in [1.82, 2.24) is 10.6 Å². The molecule has 2 aromatic rings. The van der Waals surface area contributed by atoms with Crippen LogP contribution in [0.25, 0.3) is 0 Å². The number of esters is 1. The van der Waals surface area contributed by atoms with Gasteiger partial charge >= 0.3 is 12.0 Å². The van der Waals surface area contributed by atoms with Crippen LogP contribution in [-0.2, 0) is 22.5 Å². The first-order valence-corrected chi connectivity index (χ1v) is 8.44. The van der Waals surface area contributed by atoms with Gasteiger partial charge < -0.3 is 24.8 Å². The molecule has 1 atom stereocenters. The molecule has 2 aromatic carbocycles. The molecule has 0 heterocycles. The highest BCUT2D eigenvalue weighted by molar-refractivity contribution is 5.83. The molecular weight excluding hydrogens is 348 g/mol. The lowest BCUT2D eigenvalue weighted by atomic mass is 10.1. The summed E-state index contributed by atoms with van der Waals surface area (Å²) >= 11 is 0. The highest BCUT2D eigenvalue weighted by Gasteiger charge is 2.22. The van der Waals surface area contributed by atoms with Crippen LogP contribution in [0, 0.1) is 0 Å². The molecule has 2 N–H and O–H groups in total. The van der Waals surface area contributed by atoms with Gasteiger partial charge in [0.05, 0.1) is 21.3 Å². The summed E-state index contributed by atoms with van der Waals surface area (Å²) < 4.78 is 15.3. The second-order valence-electron chi connectivity index (χ2n) is 5.77. The van der Waals surface area contributed by atoms with Crippen molar-refractivity contribution in [2.45, 2.75) is 19.0 Å². The first-order valence-electron chi connectivity index (χ1n) is 8.44. The van der Waals surface area contributed by atoms with E-state index in [1.807, 2.05) is 30.3 Å². The highest BCUT2D eigenvalue weighted by atomic mass is 16.5. The van der Waals surface area contributed by atoms with Gasteiger partial charge in [0.25, 0.3) is 0 Å². The van der Waals surface area contributed by atoms with Crippen LogP contribution in [0.4, 0.5) is 4.79 Å². The van der Waals surface area contributed by atoms with E-state index in [-0.39, 0.29) is 6.54 Å². The first-order chi connectivity index (χ1) is 13.1. The average Bonchev–Trinajstić information content (AvgIpc) is 2.71. The van der Waals surface area contributed by atoms with Crippen LogP contribution in [-0.4, -0.2) is 39.4 Å². The number of carbonyl (C=O) groups excluding carboxylic acids is 2. The Kier molecular flexibility index (Phi) is 7.49. The molecule has 7 heteroatoms. The molecule has 0 aromatic heterocycles. The van der Waals surface area contributed by atoms with Crippen molar-refractivity contribution in [3.8, 4) is 11.5 Å². The number of carbonyl (C=O) groups is 2. The SMILES string of the molecule is COC(=O)C(Cc1ccccc1)NC(=O)NCc1ccc(OC)cc1OC. The van der Waals surface area contributed by atoms with Gasteiger partial charge in [-0.3, -0.25) is 0 Å². The maximum absolute atomic E-state index is 12.3. The Morgan fingerprint density at radius 3 is 2.37 bits per heavy atom. The number of hydrogen-bond donors (Lipinski definition) is 2. The van der Waals surface area contributed by atoms with Crippen molar-refractivity contribution in [3.05, 3.63) is 59.7 Å². The standard InChI is InChI=1S/C20H24N2O5/c1-25-16-10-9-15(18(12-16)26-2)13-21-20(24)22-17(19(23)27-3)11-14-7-5-4-6-8-14/h4-10,12,17H,11,13H2,1-3H3,(H2,21,22,24). The first kappa shape index (κ1) is 20.1. The number of nitrogens with one attached hydrogen (secondary N) is 2. The van der Waals surface area contributed by atoms with E-state index in [4.69, 9.17) is 14.2 Å². The average molecular weight is 372 g/mol. The van der Waals surface area contributed by atoms with E-state index in [0.717, 1.165) is 11.1 Å². The Balaban J connectivity index is 1.98. The van der Waals surface area contributed by atoms with E-state index >= 15 is 0 Å². The number of rotatable bonds is 8. The van der Waals surface area contributed by atoms with Crippen molar-refractivity contribution in [1.29, 1.82) is 0 Å². The summed E-state index contributed by atoms with van der Waals surface area (Å²) in [6.07, 6.45) is 0.340. The maximum atomic E-state index is 12.3. The van der Waals surface area contributed by atoms with Gasteiger partial charge in [0.2, 0.25) is 0 Å². The topological polar surface area (TPSA) is 85.9 Å². The summed E-state index contributed by atoms with van der Waals surface area (Å²) in [7, 11) is 4.41. The predicted molar refractivity (Wildman–Crippen MR) is 101 cm³/mol. The van der Waals surface area contributed by atoms with E-state index in [9.17, 15) is 9.59 Å². The molecule has 0 saturated carbocycles. The number of hydrogen-bond acceptors (Lipinski definition) is 5. The minimum Gasteiger partial charge on any atom is -0.497 e. The van der Waals surface area contributed by atoms with Gasteiger partial charge in [-0.2, -0.15) is 0 Å². The molecule has 0 bridgehead atoms. The molecule has 0 saturated heterocycles. The zero-order valence-electron chi connectivity index (χ0n) is 15.7. The molecule has 2 amide bonds. The number of methoxy groups -OCH3 is 3. The Bertz CT molecular complexity index is 764. The smallest absolute Gasteiger partial charge is 0.328 e. The van der Waals surface area contributed by atoms with Crippen LogP contribution < -0.4 is 20.1 Å². The maximum Gasteiger partial charge on any atom is 0.328 e. The Hall–Kier alpha value is -3.22. The molecule has 144 valence electrons. The van der Waals surface area contributed by atoms with Gasteiger partial charge in [-0.15, -0.1) is 0 Å².